The van der Waals surface area contributed by atoms with Crippen LogP contribution in [0, 0.1) is 6.92 Å². The Hall–Kier alpha value is -1.30. The van der Waals surface area contributed by atoms with Crippen molar-refractivity contribution < 1.29 is 8.78 Å². The Bertz CT molecular complexity index is 531. The molecule has 3 nitrogen and oxygen atoms in total. The van der Waals surface area contributed by atoms with Gasteiger partial charge in [-0.3, -0.25) is 4.98 Å². The molecule has 0 aliphatic heterocycles. The summed E-state index contributed by atoms with van der Waals surface area (Å²) in [6.07, 6.45) is 2.06. The van der Waals surface area contributed by atoms with Gasteiger partial charge in [0.2, 0.25) is 0 Å². The van der Waals surface area contributed by atoms with E-state index in [4.69, 9.17) is 0 Å². The SMILES string of the molecule is CSc1ncc2c(C(F)F)ncc(C)c2n1. The molecule has 0 unspecified atom stereocenters. The van der Waals surface area contributed by atoms with Crippen molar-refractivity contribution in [1.29, 1.82) is 0 Å². The van der Waals surface area contributed by atoms with E-state index in [1.54, 1.807) is 6.92 Å². The second kappa shape index (κ2) is 4.29. The monoisotopic (exact) mass is 241 g/mol. The van der Waals surface area contributed by atoms with Crippen molar-refractivity contribution in [3.05, 3.63) is 23.7 Å². The third kappa shape index (κ3) is 1.84. The van der Waals surface area contributed by atoms with Crippen molar-refractivity contribution in [3.63, 3.8) is 0 Å². The van der Waals surface area contributed by atoms with Gasteiger partial charge in [0.15, 0.2) is 5.16 Å². The summed E-state index contributed by atoms with van der Waals surface area (Å²) in [5.74, 6) is 0. The molecule has 0 radical (unpaired) electrons. The van der Waals surface area contributed by atoms with Gasteiger partial charge in [-0.05, 0) is 18.7 Å². The van der Waals surface area contributed by atoms with Gasteiger partial charge >= 0.3 is 0 Å². The minimum absolute atomic E-state index is 0.256. The summed E-state index contributed by atoms with van der Waals surface area (Å²) in [6.45, 7) is 1.79. The fourth-order valence-corrected chi connectivity index (χ4v) is 1.76. The highest BCUT2D eigenvalue weighted by Gasteiger charge is 2.15. The van der Waals surface area contributed by atoms with Gasteiger partial charge in [0.1, 0.15) is 5.69 Å². The maximum Gasteiger partial charge on any atom is 0.281 e. The summed E-state index contributed by atoms with van der Waals surface area (Å²) < 4.78 is 25.4. The topological polar surface area (TPSA) is 38.7 Å². The minimum Gasteiger partial charge on any atom is -0.254 e. The molecule has 2 heterocycles. The molecule has 0 aliphatic carbocycles. The molecule has 0 aromatic carbocycles. The number of halogens is 2. The first-order valence-corrected chi connectivity index (χ1v) is 5.80. The van der Waals surface area contributed by atoms with Crippen LogP contribution in [0.2, 0.25) is 0 Å². The molecule has 6 heteroatoms. The van der Waals surface area contributed by atoms with Crippen LogP contribution >= 0.6 is 11.8 Å². The van der Waals surface area contributed by atoms with E-state index in [9.17, 15) is 8.78 Å². The zero-order valence-electron chi connectivity index (χ0n) is 8.74. The average molecular weight is 241 g/mol. The standard InChI is InChI=1S/C10H9F2N3S/c1-5-3-13-8(9(11)12)6-4-14-10(16-2)15-7(5)6/h3-4,9H,1-2H3. The predicted octanol–water partition coefficient (Wildman–Crippen LogP) is 2.99. The number of rotatable bonds is 2. The molecule has 0 atom stereocenters. The Morgan fingerprint density at radius 2 is 2.00 bits per heavy atom. The van der Waals surface area contributed by atoms with Gasteiger partial charge in [0, 0.05) is 17.8 Å². The molecule has 2 aromatic rings. The fraction of sp³-hybridized carbons (Fsp3) is 0.300. The summed E-state index contributed by atoms with van der Waals surface area (Å²) in [4.78, 5) is 11.9. The highest BCUT2D eigenvalue weighted by molar-refractivity contribution is 7.98. The second-order valence-corrected chi connectivity index (χ2v) is 4.02. The highest BCUT2D eigenvalue weighted by Crippen LogP contribution is 2.26. The molecule has 16 heavy (non-hydrogen) atoms. The van der Waals surface area contributed by atoms with Crippen molar-refractivity contribution in [2.45, 2.75) is 18.5 Å². The second-order valence-electron chi connectivity index (χ2n) is 3.25. The van der Waals surface area contributed by atoms with Crippen molar-refractivity contribution >= 4 is 22.7 Å². The van der Waals surface area contributed by atoms with Gasteiger partial charge in [-0.25, -0.2) is 18.7 Å². The number of hydrogen-bond acceptors (Lipinski definition) is 4. The number of hydrogen-bond donors (Lipinski definition) is 0. The van der Waals surface area contributed by atoms with Gasteiger partial charge in [-0.15, -0.1) is 0 Å². The summed E-state index contributed by atoms with van der Waals surface area (Å²) in [5.41, 5.74) is 1.06. The van der Waals surface area contributed by atoms with Crippen LogP contribution < -0.4 is 0 Å². The van der Waals surface area contributed by atoms with Crippen molar-refractivity contribution in [2.75, 3.05) is 6.26 Å². The summed E-state index contributed by atoms with van der Waals surface area (Å²) in [7, 11) is 0. The van der Waals surface area contributed by atoms with Crippen molar-refractivity contribution in [2.24, 2.45) is 0 Å². The highest BCUT2D eigenvalue weighted by atomic mass is 32.2. The molecule has 0 aliphatic rings. The van der Waals surface area contributed by atoms with E-state index in [1.165, 1.54) is 24.2 Å². The molecule has 0 bridgehead atoms. The number of pyridine rings is 1. The molecular formula is C10H9F2N3S. The Kier molecular flexibility index (Phi) is 3.00. The van der Waals surface area contributed by atoms with Gasteiger partial charge in [0.25, 0.3) is 6.43 Å². The molecular weight excluding hydrogens is 232 g/mol. The smallest absolute Gasteiger partial charge is 0.254 e. The first-order valence-electron chi connectivity index (χ1n) is 4.58. The molecule has 0 fully saturated rings. The lowest BCUT2D eigenvalue weighted by Gasteiger charge is -2.06. The predicted molar refractivity (Wildman–Crippen MR) is 58.8 cm³/mol. The summed E-state index contributed by atoms with van der Waals surface area (Å²) >= 11 is 1.38. The van der Waals surface area contributed by atoms with Crippen LogP contribution in [0.5, 0.6) is 0 Å². The molecule has 0 spiro atoms. The van der Waals surface area contributed by atoms with Gasteiger partial charge in [-0.1, -0.05) is 11.8 Å². The zero-order valence-corrected chi connectivity index (χ0v) is 9.55. The van der Waals surface area contributed by atoms with Crippen LogP contribution in [0.25, 0.3) is 10.9 Å². The van der Waals surface area contributed by atoms with Crippen LogP contribution in [-0.4, -0.2) is 21.2 Å². The van der Waals surface area contributed by atoms with Crippen molar-refractivity contribution in [1.82, 2.24) is 15.0 Å². The Labute approximate surface area is 95.3 Å². The molecule has 0 saturated carbocycles. The lowest BCUT2D eigenvalue weighted by molar-refractivity contribution is 0.148. The Balaban J connectivity index is 2.75. The summed E-state index contributed by atoms with van der Waals surface area (Å²) in [6, 6.07) is 0. The van der Waals surface area contributed by atoms with Gasteiger partial charge in [0.05, 0.1) is 5.52 Å². The molecule has 0 saturated heterocycles. The summed E-state index contributed by atoms with van der Waals surface area (Å²) in [5, 5.41) is 0.898. The lowest BCUT2D eigenvalue weighted by Crippen LogP contribution is -1.97. The van der Waals surface area contributed by atoms with E-state index in [0.29, 0.717) is 16.1 Å². The Morgan fingerprint density at radius 1 is 1.25 bits per heavy atom. The number of fused-ring (bicyclic) bond motifs is 1. The first-order chi connectivity index (χ1) is 7.63. The molecule has 0 N–H and O–H groups in total. The van der Waals surface area contributed by atoms with Crippen LogP contribution in [-0.2, 0) is 0 Å². The van der Waals surface area contributed by atoms with Gasteiger partial charge < -0.3 is 0 Å². The molecule has 0 amide bonds. The third-order valence-corrected chi connectivity index (χ3v) is 2.76. The molecule has 2 rings (SSSR count). The van der Waals surface area contributed by atoms with Crippen molar-refractivity contribution in [3.8, 4) is 0 Å². The van der Waals surface area contributed by atoms with E-state index in [-0.39, 0.29) is 5.69 Å². The maximum atomic E-state index is 12.7. The lowest BCUT2D eigenvalue weighted by atomic mass is 10.2. The maximum absolute atomic E-state index is 12.7. The third-order valence-electron chi connectivity index (χ3n) is 2.20. The molecule has 84 valence electrons. The quantitative estimate of drug-likeness (QED) is 0.598. The number of nitrogens with zero attached hydrogens (tertiary/aromatic N) is 3. The van der Waals surface area contributed by atoms with Crippen LogP contribution in [0.4, 0.5) is 8.78 Å². The fourth-order valence-electron chi connectivity index (χ4n) is 1.42. The number of aryl methyl sites for hydroxylation is 1. The largest absolute Gasteiger partial charge is 0.281 e. The van der Waals surface area contributed by atoms with Crippen LogP contribution in [0.15, 0.2) is 17.6 Å². The van der Waals surface area contributed by atoms with E-state index in [1.807, 2.05) is 6.26 Å². The van der Waals surface area contributed by atoms with Crippen LogP contribution in [0.1, 0.15) is 17.7 Å². The number of thioether (sulfide) groups is 1. The zero-order chi connectivity index (χ0) is 11.7. The number of aromatic nitrogens is 3. The van der Waals surface area contributed by atoms with Crippen LogP contribution in [0.3, 0.4) is 0 Å². The van der Waals surface area contributed by atoms with Gasteiger partial charge in [-0.2, -0.15) is 0 Å². The first kappa shape index (κ1) is 11.2. The number of alkyl halides is 2. The van der Waals surface area contributed by atoms with E-state index < -0.39 is 6.43 Å². The van der Waals surface area contributed by atoms with E-state index >= 15 is 0 Å². The molecule has 2 aromatic heterocycles. The minimum atomic E-state index is -2.60. The Morgan fingerprint density at radius 3 is 2.62 bits per heavy atom. The normalized spacial score (nSPS) is 11.3. The average Bonchev–Trinajstić information content (AvgIpc) is 2.29. The van der Waals surface area contributed by atoms with E-state index in [0.717, 1.165) is 5.56 Å². The van der Waals surface area contributed by atoms with E-state index in [2.05, 4.69) is 15.0 Å².